The molecule has 3 rings (SSSR count). The molecule has 1 saturated heterocycles. The smallest absolute Gasteiger partial charge is 0.257 e. The quantitative estimate of drug-likeness (QED) is 0.717. The van der Waals surface area contributed by atoms with Crippen molar-refractivity contribution in [2.75, 3.05) is 19.1 Å². The fourth-order valence-corrected chi connectivity index (χ4v) is 3.23. The number of ether oxygens (including phenoxy) is 2. The van der Waals surface area contributed by atoms with Crippen molar-refractivity contribution in [1.29, 1.82) is 0 Å². The van der Waals surface area contributed by atoms with Gasteiger partial charge < -0.3 is 14.4 Å². The van der Waals surface area contributed by atoms with E-state index in [9.17, 15) is 14.4 Å². The Morgan fingerprint density at radius 1 is 1.00 bits per heavy atom. The normalized spacial score (nSPS) is 16.2. The van der Waals surface area contributed by atoms with Crippen molar-refractivity contribution < 1.29 is 23.9 Å². The van der Waals surface area contributed by atoms with E-state index in [2.05, 4.69) is 0 Å². The Balaban J connectivity index is 1.82. The lowest BCUT2D eigenvalue weighted by Gasteiger charge is -2.26. The standard InChI is InChI=1S/C21H22N2O5/c1-14(24)22(13-15-4-8-17(27-2)9-5-15)19-12-20(25)23(21(19)26)16-6-10-18(28-3)11-7-16/h4-11,19H,12-13H2,1-3H3. The molecule has 3 amide bonds. The van der Waals surface area contributed by atoms with Crippen molar-refractivity contribution in [3.8, 4) is 11.5 Å². The highest BCUT2D eigenvalue weighted by molar-refractivity contribution is 6.23. The number of methoxy groups -OCH3 is 2. The molecule has 0 bridgehead atoms. The van der Waals surface area contributed by atoms with Crippen molar-refractivity contribution in [2.45, 2.75) is 25.9 Å². The van der Waals surface area contributed by atoms with Crippen LogP contribution >= 0.6 is 0 Å². The fourth-order valence-electron chi connectivity index (χ4n) is 3.23. The van der Waals surface area contributed by atoms with E-state index in [0.29, 0.717) is 17.2 Å². The summed E-state index contributed by atoms with van der Waals surface area (Å²) in [5, 5.41) is 0. The van der Waals surface area contributed by atoms with Gasteiger partial charge >= 0.3 is 0 Å². The second-order valence-corrected chi connectivity index (χ2v) is 6.48. The molecule has 146 valence electrons. The highest BCUT2D eigenvalue weighted by Gasteiger charge is 2.43. The zero-order valence-electron chi connectivity index (χ0n) is 16.0. The van der Waals surface area contributed by atoms with Gasteiger partial charge in [0.1, 0.15) is 17.5 Å². The minimum Gasteiger partial charge on any atom is -0.497 e. The van der Waals surface area contributed by atoms with Gasteiger partial charge in [0.2, 0.25) is 11.8 Å². The lowest BCUT2D eigenvalue weighted by atomic mass is 10.1. The maximum Gasteiger partial charge on any atom is 0.257 e. The highest BCUT2D eigenvalue weighted by Crippen LogP contribution is 2.28. The van der Waals surface area contributed by atoms with E-state index in [0.717, 1.165) is 10.5 Å². The predicted octanol–water partition coefficient (Wildman–Crippen LogP) is 2.38. The molecule has 0 radical (unpaired) electrons. The Kier molecular flexibility index (Phi) is 5.63. The van der Waals surface area contributed by atoms with E-state index in [1.165, 1.54) is 11.8 Å². The van der Waals surface area contributed by atoms with Crippen molar-refractivity contribution in [2.24, 2.45) is 0 Å². The molecule has 1 atom stereocenters. The molecule has 1 aliphatic heterocycles. The molecule has 1 fully saturated rings. The van der Waals surface area contributed by atoms with Crippen LogP contribution in [0.15, 0.2) is 48.5 Å². The molecule has 1 aliphatic rings. The first-order chi connectivity index (χ1) is 13.4. The number of nitrogens with zero attached hydrogens (tertiary/aromatic N) is 2. The topological polar surface area (TPSA) is 76.2 Å². The summed E-state index contributed by atoms with van der Waals surface area (Å²) in [6.45, 7) is 1.64. The van der Waals surface area contributed by atoms with Crippen molar-refractivity contribution in [3.63, 3.8) is 0 Å². The third-order valence-corrected chi connectivity index (χ3v) is 4.75. The molecule has 0 spiro atoms. The molecular formula is C21H22N2O5. The van der Waals surface area contributed by atoms with Crippen LogP contribution in [0.2, 0.25) is 0 Å². The van der Waals surface area contributed by atoms with Crippen LogP contribution in [-0.4, -0.2) is 42.9 Å². The molecular weight excluding hydrogens is 360 g/mol. The zero-order chi connectivity index (χ0) is 20.3. The first-order valence-electron chi connectivity index (χ1n) is 8.85. The molecule has 7 nitrogen and oxygen atoms in total. The van der Waals surface area contributed by atoms with Gasteiger partial charge in [0, 0.05) is 13.5 Å². The number of anilines is 1. The summed E-state index contributed by atoms with van der Waals surface area (Å²) in [6.07, 6.45) is -0.0411. The van der Waals surface area contributed by atoms with Gasteiger partial charge in [0.25, 0.3) is 5.91 Å². The first kappa shape index (κ1) is 19.4. The van der Waals surface area contributed by atoms with Gasteiger partial charge in [-0.2, -0.15) is 0 Å². The zero-order valence-corrected chi connectivity index (χ0v) is 16.0. The van der Waals surface area contributed by atoms with Crippen molar-refractivity contribution >= 4 is 23.4 Å². The number of benzene rings is 2. The van der Waals surface area contributed by atoms with E-state index in [4.69, 9.17) is 9.47 Å². The second kappa shape index (κ2) is 8.12. The Labute approximate surface area is 163 Å². The van der Waals surface area contributed by atoms with Gasteiger partial charge in [-0.3, -0.25) is 14.4 Å². The van der Waals surface area contributed by atoms with E-state index < -0.39 is 11.9 Å². The third-order valence-electron chi connectivity index (χ3n) is 4.75. The SMILES string of the molecule is COc1ccc(CN(C(C)=O)C2CC(=O)N(c3ccc(OC)cc3)C2=O)cc1. The van der Waals surface area contributed by atoms with Crippen molar-refractivity contribution in [1.82, 2.24) is 4.90 Å². The van der Waals surface area contributed by atoms with Gasteiger partial charge in [0.05, 0.1) is 26.3 Å². The lowest BCUT2D eigenvalue weighted by molar-refractivity contribution is -0.137. The molecule has 1 unspecified atom stereocenters. The van der Waals surface area contributed by atoms with Gasteiger partial charge in [-0.05, 0) is 42.0 Å². The summed E-state index contributed by atoms with van der Waals surface area (Å²) in [6, 6.07) is 13.1. The monoisotopic (exact) mass is 382 g/mol. The molecule has 0 aliphatic carbocycles. The van der Waals surface area contributed by atoms with Gasteiger partial charge in [-0.25, -0.2) is 4.90 Å². The number of amides is 3. The van der Waals surface area contributed by atoms with Crippen LogP contribution in [-0.2, 0) is 20.9 Å². The molecule has 28 heavy (non-hydrogen) atoms. The first-order valence-corrected chi connectivity index (χ1v) is 8.85. The average molecular weight is 382 g/mol. The Hall–Kier alpha value is -3.35. The number of carbonyl (C=O) groups is 3. The number of hydrogen-bond donors (Lipinski definition) is 0. The average Bonchev–Trinajstić information content (AvgIpc) is 3.00. The van der Waals surface area contributed by atoms with E-state index in [1.54, 1.807) is 50.6 Å². The van der Waals surface area contributed by atoms with Gasteiger partial charge in [-0.1, -0.05) is 12.1 Å². The Morgan fingerprint density at radius 2 is 1.54 bits per heavy atom. The minimum absolute atomic E-state index is 0.0411. The summed E-state index contributed by atoms with van der Waals surface area (Å²) >= 11 is 0. The van der Waals surface area contributed by atoms with Crippen molar-refractivity contribution in [3.05, 3.63) is 54.1 Å². The summed E-state index contributed by atoms with van der Waals surface area (Å²) in [4.78, 5) is 40.3. The van der Waals surface area contributed by atoms with Crippen LogP contribution in [0.25, 0.3) is 0 Å². The number of hydrogen-bond acceptors (Lipinski definition) is 5. The van der Waals surface area contributed by atoms with Crippen LogP contribution in [0.1, 0.15) is 18.9 Å². The Bertz CT molecular complexity index is 877. The summed E-state index contributed by atoms with van der Waals surface area (Å²) in [7, 11) is 3.12. The minimum atomic E-state index is -0.825. The maximum atomic E-state index is 13.0. The third kappa shape index (κ3) is 3.83. The van der Waals surface area contributed by atoms with Crippen LogP contribution < -0.4 is 14.4 Å². The molecule has 0 saturated carbocycles. The van der Waals surface area contributed by atoms with E-state index >= 15 is 0 Å². The maximum absolute atomic E-state index is 13.0. The highest BCUT2D eigenvalue weighted by atomic mass is 16.5. The number of rotatable bonds is 6. The van der Waals surface area contributed by atoms with E-state index in [-0.39, 0.29) is 24.8 Å². The number of carbonyl (C=O) groups excluding carboxylic acids is 3. The summed E-state index contributed by atoms with van der Waals surface area (Å²) in [5.41, 5.74) is 1.31. The van der Waals surface area contributed by atoms with Gasteiger partial charge in [-0.15, -0.1) is 0 Å². The number of imide groups is 1. The van der Waals surface area contributed by atoms with Gasteiger partial charge in [0.15, 0.2) is 0 Å². The molecule has 2 aromatic rings. The van der Waals surface area contributed by atoms with Crippen LogP contribution in [0, 0.1) is 0 Å². The van der Waals surface area contributed by atoms with E-state index in [1.807, 2.05) is 12.1 Å². The molecule has 0 N–H and O–H groups in total. The van der Waals surface area contributed by atoms with Crippen LogP contribution in [0.3, 0.4) is 0 Å². The van der Waals surface area contributed by atoms with Crippen LogP contribution in [0.4, 0.5) is 5.69 Å². The summed E-state index contributed by atoms with van der Waals surface area (Å²) < 4.78 is 10.2. The Morgan fingerprint density at radius 3 is 2.04 bits per heavy atom. The molecule has 1 heterocycles. The largest absolute Gasteiger partial charge is 0.497 e. The fraction of sp³-hybridized carbons (Fsp3) is 0.286. The molecule has 0 aromatic heterocycles. The second-order valence-electron chi connectivity index (χ2n) is 6.48. The molecule has 7 heteroatoms. The summed E-state index contributed by atoms with van der Waals surface area (Å²) in [5.74, 6) is 0.332. The lowest BCUT2D eigenvalue weighted by Crippen LogP contribution is -2.44. The predicted molar refractivity (Wildman–Crippen MR) is 103 cm³/mol. The van der Waals surface area contributed by atoms with Crippen LogP contribution in [0.5, 0.6) is 11.5 Å². The molecule has 2 aromatic carbocycles.